The zero-order valence-electron chi connectivity index (χ0n) is 14.1. The third kappa shape index (κ3) is 3.50. The molecule has 1 unspecified atom stereocenters. The average Bonchev–Trinajstić information content (AvgIpc) is 2.96. The van der Waals surface area contributed by atoms with Crippen LogP contribution >= 0.6 is 0 Å². The van der Waals surface area contributed by atoms with Crippen molar-refractivity contribution in [2.24, 2.45) is 0 Å². The summed E-state index contributed by atoms with van der Waals surface area (Å²) in [5.74, 6) is 0.930. The van der Waals surface area contributed by atoms with E-state index in [-0.39, 0.29) is 17.6 Å². The number of aromatic nitrogens is 1. The Balaban J connectivity index is 1.54. The summed E-state index contributed by atoms with van der Waals surface area (Å²) in [6, 6.07) is 13.1. The van der Waals surface area contributed by atoms with Gasteiger partial charge < -0.3 is 14.2 Å². The van der Waals surface area contributed by atoms with E-state index < -0.39 is 0 Å². The first-order chi connectivity index (χ1) is 11.5. The molecule has 0 radical (unpaired) electrons. The Hall–Kier alpha value is -2.56. The topological polar surface area (TPSA) is 51.5 Å². The summed E-state index contributed by atoms with van der Waals surface area (Å²) in [5.41, 5.74) is 1.99. The Kier molecular flexibility index (Phi) is 4.69. The molecule has 1 amide bonds. The van der Waals surface area contributed by atoms with E-state index in [2.05, 4.69) is 6.07 Å². The monoisotopic (exact) mass is 326 g/mol. The molecular weight excluding hydrogens is 304 g/mol. The van der Waals surface area contributed by atoms with E-state index in [1.54, 1.807) is 22.6 Å². The highest BCUT2D eigenvalue weighted by Crippen LogP contribution is 2.28. The van der Waals surface area contributed by atoms with Crippen molar-refractivity contribution in [2.75, 3.05) is 13.6 Å². The molecule has 0 spiro atoms. The molecule has 0 bridgehead atoms. The van der Waals surface area contributed by atoms with Gasteiger partial charge in [0.15, 0.2) is 0 Å². The maximum absolute atomic E-state index is 12.4. The largest absolute Gasteiger partial charge is 0.488 e. The SMILES string of the molecule is Cc1cccc(=O)n1CCC(=O)N(C)CC1Cc2ccccc2O1. The second-order valence-corrected chi connectivity index (χ2v) is 6.23. The molecule has 3 rings (SSSR count). The molecule has 0 saturated carbocycles. The van der Waals surface area contributed by atoms with E-state index >= 15 is 0 Å². The Bertz CT molecular complexity index is 772. The molecule has 1 atom stereocenters. The molecule has 2 aromatic rings. The molecule has 5 heteroatoms. The van der Waals surface area contributed by atoms with Gasteiger partial charge in [-0.05, 0) is 24.6 Å². The van der Waals surface area contributed by atoms with Gasteiger partial charge in [-0.1, -0.05) is 24.3 Å². The van der Waals surface area contributed by atoms with Crippen LogP contribution in [0.4, 0.5) is 0 Å². The molecule has 0 saturated heterocycles. The Morgan fingerprint density at radius 3 is 2.79 bits per heavy atom. The first kappa shape index (κ1) is 16.3. The summed E-state index contributed by atoms with van der Waals surface area (Å²) < 4.78 is 7.51. The number of fused-ring (bicyclic) bond motifs is 1. The average molecular weight is 326 g/mol. The van der Waals surface area contributed by atoms with Gasteiger partial charge in [0, 0.05) is 38.2 Å². The van der Waals surface area contributed by atoms with Crippen molar-refractivity contribution in [3.05, 3.63) is 64.1 Å². The van der Waals surface area contributed by atoms with Crippen molar-refractivity contribution < 1.29 is 9.53 Å². The van der Waals surface area contributed by atoms with Crippen molar-refractivity contribution in [3.8, 4) is 5.75 Å². The number of carbonyl (C=O) groups is 1. The number of carbonyl (C=O) groups excluding carboxylic acids is 1. The predicted octanol–water partition coefficient (Wildman–Crippen LogP) is 2.01. The van der Waals surface area contributed by atoms with Crippen LogP contribution in [0.15, 0.2) is 47.3 Å². The van der Waals surface area contributed by atoms with Gasteiger partial charge in [0.1, 0.15) is 11.9 Å². The highest BCUT2D eigenvalue weighted by atomic mass is 16.5. The molecule has 0 N–H and O–H groups in total. The summed E-state index contributed by atoms with van der Waals surface area (Å²) in [7, 11) is 1.79. The van der Waals surface area contributed by atoms with Gasteiger partial charge in [0.2, 0.25) is 5.91 Å². The van der Waals surface area contributed by atoms with Crippen LogP contribution in [0.3, 0.4) is 0 Å². The fourth-order valence-electron chi connectivity index (χ4n) is 3.07. The number of pyridine rings is 1. The number of para-hydroxylation sites is 1. The summed E-state index contributed by atoms with van der Waals surface area (Å²) in [6.07, 6.45) is 1.13. The summed E-state index contributed by atoms with van der Waals surface area (Å²) >= 11 is 0. The lowest BCUT2D eigenvalue weighted by atomic mass is 10.1. The fourth-order valence-corrected chi connectivity index (χ4v) is 3.07. The van der Waals surface area contributed by atoms with Gasteiger partial charge in [-0.15, -0.1) is 0 Å². The molecule has 0 aliphatic carbocycles. The molecule has 1 aliphatic heterocycles. The lowest BCUT2D eigenvalue weighted by molar-refractivity contribution is -0.131. The van der Waals surface area contributed by atoms with Crippen molar-refractivity contribution in [2.45, 2.75) is 32.4 Å². The minimum atomic E-state index is -0.0694. The van der Waals surface area contributed by atoms with Gasteiger partial charge in [-0.2, -0.15) is 0 Å². The van der Waals surface area contributed by atoms with Crippen molar-refractivity contribution in [1.82, 2.24) is 9.47 Å². The zero-order chi connectivity index (χ0) is 17.1. The van der Waals surface area contributed by atoms with Crippen LogP contribution in [0.5, 0.6) is 5.75 Å². The molecule has 1 aromatic heterocycles. The molecular formula is C19H22N2O3. The van der Waals surface area contributed by atoms with Gasteiger partial charge in [0.25, 0.3) is 5.56 Å². The molecule has 1 aromatic carbocycles. The number of likely N-dealkylation sites (N-methyl/N-ethyl adjacent to an activating group) is 1. The van der Waals surface area contributed by atoms with Crippen LogP contribution in [0, 0.1) is 6.92 Å². The maximum atomic E-state index is 12.4. The van der Waals surface area contributed by atoms with Gasteiger partial charge >= 0.3 is 0 Å². The molecule has 126 valence electrons. The van der Waals surface area contributed by atoms with Gasteiger partial charge in [-0.25, -0.2) is 0 Å². The molecule has 5 nitrogen and oxygen atoms in total. The molecule has 1 aliphatic rings. The number of aryl methyl sites for hydroxylation is 1. The summed E-state index contributed by atoms with van der Waals surface area (Å²) in [4.78, 5) is 25.9. The quantitative estimate of drug-likeness (QED) is 0.844. The Morgan fingerprint density at radius 2 is 2.04 bits per heavy atom. The highest BCUT2D eigenvalue weighted by molar-refractivity contribution is 5.75. The second kappa shape index (κ2) is 6.91. The standard InChI is InChI=1S/C19H22N2O3/c1-14-6-5-9-19(23)21(14)11-10-18(22)20(2)13-16-12-15-7-3-4-8-17(15)24-16/h3-9,16H,10-13H2,1-2H3. The van der Waals surface area contributed by atoms with E-state index in [0.29, 0.717) is 19.5 Å². The number of rotatable bonds is 5. The zero-order valence-corrected chi connectivity index (χ0v) is 14.1. The third-order valence-corrected chi connectivity index (χ3v) is 4.43. The first-order valence-electron chi connectivity index (χ1n) is 8.19. The van der Waals surface area contributed by atoms with Gasteiger partial charge in [-0.3, -0.25) is 9.59 Å². The van der Waals surface area contributed by atoms with E-state index in [9.17, 15) is 9.59 Å². The van der Waals surface area contributed by atoms with Crippen LogP contribution in [0.2, 0.25) is 0 Å². The van der Waals surface area contributed by atoms with Crippen LogP contribution < -0.4 is 10.3 Å². The van der Waals surface area contributed by atoms with Crippen LogP contribution in [-0.4, -0.2) is 35.1 Å². The summed E-state index contributed by atoms with van der Waals surface area (Å²) in [5, 5.41) is 0. The highest BCUT2D eigenvalue weighted by Gasteiger charge is 2.24. The van der Waals surface area contributed by atoms with Crippen LogP contribution in [0.25, 0.3) is 0 Å². The fraction of sp³-hybridized carbons (Fsp3) is 0.368. The predicted molar refractivity (Wildman–Crippen MR) is 92.3 cm³/mol. The number of ether oxygens (including phenoxy) is 1. The van der Waals surface area contributed by atoms with E-state index in [1.807, 2.05) is 31.2 Å². The number of benzene rings is 1. The maximum Gasteiger partial charge on any atom is 0.250 e. The molecule has 0 fully saturated rings. The third-order valence-electron chi connectivity index (χ3n) is 4.43. The Morgan fingerprint density at radius 1 is 1.25 bits per heavy atom. The van der Waals surface area contributed by atoms with E-state index in [0.717, 1.165) is 17.9 Å². The lowest BCUT2D eigenvalue weighted by Crippen LogP contribution is -2.37. The van der Waals surface area contributed by atoms with Crippen molar-refractivity contribution in [3.63, 3.8) is 0 Å². The second-order valence-electron chi connectivity index (χ2n) is 6.23. The minimum Gasteiger partial charge on any atom is -0.488 e. The minimum absolute atomic E-state index is 0.00228. The van der Waals surface area contributed by atoms with Crippen LogP contribution in [0.1, 0.15) is 17.7 Å². The normalized spacial score (nSPS) is 15.7. The molecule has 2 heterocycles. The van der Waals surface area contributed by atoms with E-state index in [1.165, 1.54) is 11.6 Å². The van der Waals surface area contributed by atoms with Crippen molar-refractivity contribution >= 4 is 5.91 Å². The molecule has 24 heavy (non-hydrogen) atoms. The number of hydrogen-bond acceptors (Lipinski definition) is 3. The summed E-state index contributed by atoms with van der Waals surface area (Å²) in [6.45, 7) is 2.83. The smallest absolute Gasteiger partial charge is 0.250 e. The first-order valence-corrected chi connectivity index (χ1v) is 8.19. The Labute approximate surface area is 141 Å². The van der Waals surface area contributed by atoms with E-state index in [4.69, 9.17) is 4.74 Å². The van der Waals surface area contributed by atoms with Crippen molar-refractivity contribution in [1.29, 1.82) is 0 Å². The number of nitrogens with zero attached hydrogens (tertiary/aromatic N) is 2. The lowest BCUT2D eigenvalue weighted by Gasteiger charge is -2.21. The van der Waals surface area contributed by atoms with Gasteiger partial charge in [0.05, 0.1) is 6.54 Å². The van der Waals surface area contributed by atoms with Crippen LogP contribution in [-0.2, 0) is 17.8 Å². The number of amides is 1. The number of hydrogen-bond donors (Lipinski definition) is 0.